The lowest BCUT2D eigenvalue weighted by Gasteiger charge is -2.32. The van der Waals surface area contributed by atoms with Crippen molar-refractivity contribution in [2.75, 3.05) is 17.7 Å². The van der Waals surface area contributed by atoms with Crippen LogP contribution in [0.3, 0.4) is 0 Å². The summed E-state index contributed by atoms with van der Waals surface area (Å²) in [7, 11) is 0. The van der Waals surface area contributed by atoms with E-state index in [1.807, 2.05) is 6.08 Å². The Hall–Kier alpha value is -2.75. The van der Waals surface area contributed by atoms with Gasteiger partial charge in [-0.25, -0.2) is 4.31 Å². The van der Waals surface area contributed by atoms with Crippen LogP contribution in [0.25, 0.3) is 6.08 Å². The average Bonchev–Trinajstić information content (AvgIpc) is 2.91. The number of hydrogen-bond acceptors (Lipinski definition) is 3. The van der Waals surface area contributed by atoms with E-state index >= 15 is 0 Å². The molecule has 0 atom stereocenters. The lowest BCUT2D eigenvalue weighted by Crippen LogP contribution is -2.29. The van der Waals surface area contributed by atoms with E-state index in [2.05, 4.69) is 131 Å². The van der Waals surface area contributed by atoms with Gasteiger partial charge < -0.3 is 4.90 Å². The number of aryl methyl sites for hydroxylation is 3. The number of anilines is 1. The zero-order valence-corrected chi connectivity index (χ0v) is 26.1. The van der Waals surface area contributed by atoms with Crippen LogP contribution >= 0.6 is 11.9 Å². The highest BCUT2D eigenvalue weighted by Crippen LogP contribution is 2.30. The fraction of sp³-hybridized carbons (Fsp3) is 0.389. The predicted molar refractivity (Wildman–Crippen MR) is 175 cm³/mol. The van der Waals surface area contributed by atoms with Crippen LogP contribution in [-0.2, 0) is 31.3 Å². The normalized spacial score (nSPS) is 11.6. The van der Waals surface area contributed by atoms with Gasteiger partial charge in [0.25, 0.3) is 0 Å². The summed E-state index contributed by atoms with van der Waals surface area (Å²) < 4.78 is 2.42. The number of hydrogen-bond donors (Lipinski definition) is 0. The molecule has 0 saturated carbocycles. The maximum absolute atomic E-state index is 4.65. The Bertz CT molecular complexity index is 1270. The Morgan fingerprint density at radius 1 is 0.923 bits per heavy atom. The second-order valence-corrected chi connectivity index (χ2v) is 12.4. The van der Waals surface area contributed by atoms with Crippen molar-refractivity contribution in [3.05, 3.63) is 118 Å². The fourth-order valence-corrected chi connectivity index (χ4v) is 5.61. The van der Waals surface area contributed by atoms with Crippen molar-refractivity contribution in [3.63, 3.8) is 0 Å². The van der Waals surface area contributed by atoms with Crippen LogP contribution < -0.4 is 4.90 Å². The van der Waals surface area contributed by atoms with Gasteiger partial charge in [0.15, 0.2) is 0 Å². The SMILES string of the molecule is C=Cc1ccc(N(Cc2cc(CCC)cc(C(C)(C)C)c2)C(=C)CN(Cc2ccccc2CC)SC)cc1C. The second-order valence-electron chi connectivity index (χ2n) is 11.5. The molecule has 0 amide bonds. The molecular formula is C36H48N2S. The van der Waals surface area contributed by atoms with Crippen LogP contribution in [0.2, 0.25) is 0 Å². The molecule has 3 rings (SSSR count). The third-order valence-corrected chi connectivity index (χ3v) is 8.20. The van der Waals surface area contributed by atoms with Gasteiger partial charge in [0.2, 0.25) is 0 Å². The summed E-state index contributed by atoms with van der Waals surface area (Å²) in [6.07, 6.45) is 7.39. The number of rotatable bonds is 13. The first kappa shape index (κ1) is 30.8. The largest absolute Gasteiger partial charge is 0.340 e. The minimum Gasteiger partial charge on any atom is -0.340 e. The first-order valence-corrected chi connectivity index (χ1v) is 15.4. The van der Waals surface area contributed by atoms with Crippen LogP contribution in [0.5, 0.6) is 0 Å². The zero-order valence-electron chi connectivity index (χ0n) is 25.3. The second kappa shape index (κ2) is 14.1. The third kappa shape index (κ3) is 8.37. The Morgan fingerprint density at radius 2 is 1.62 bits per heavy atom. The van der Waals surface area contributed by atoms with E-state index in [4.69, 9.17) is 0 Å². The van der Waals surface area contributed by atoms with E-state index in [9.17, 15) is 0 Å². The first-order chi connectivity index (χ1) is 18.6. The standard InChI is InChI=1S/C36H48N2S/c1-10-15-29-21-30(23-34(22-29)36(6,7)8)25-38(35-19-18-31(11-2)27(4)20-35)28(5)24-37(39-9)26-33-17-14-13-16-32(33)12-3/h11,13-14,16-23H,2,5,10,12,15,24-26H2,1,3-4,6-9H3. The summed E-state index contributed by atoms with van der Waals surface area (Å²) in [4.78, 5) is 2.41. The topological polar surface area (TPSA) is 6.48 Å². The lowest BCUT2D eigenvalue weighted by molar-refractivity contribution is 0.497. The molecule has 39 heavy (non-hydrogen) atoms. The van der Waals surface area contributed by atoms with Crippen molar-refractivity contribution in [3.8, 4) is 0 Å². The molecule has 3 heteroatoms. The van der Waals surface area contributed by atoms with Crippen molar-refractivity contribution in [1.29, 1.82) is 0 Å². The highest BCUT2D eigenvalue weighted by Gasteiger charge is 2.19. The van der Waals surface area contributed by atoms with E-state index in [0.29, 0.717) is 0 Å². The molecule has 3 aromatic rings. The van der Waals surface area contributed by atoms with Gasteiger partial charge in [-0.2, -0.15) is 0 Å². The molecule has 0 bridgehead atoms. The van der Waals surface area contributed by atoms with Crippen molar-refractivity contribution < 1.29 is 0 Å². The molecule has 0 N–H and O–H groups in total. The Balaban J connectivity index is 1.98. The number of nitrogens with zero attached hydrogens (tertiary/aromatic N) is 2. The molecule has 0 saturated heterocycles. The summed E-state index contributed by atoms with van der Waals surface area (Å²) in [6, 6.07) is 22.6. The summed E-state index contributed by atoms with van der Waals surface area (Å²) in [6.45, 7) is 24.7. The molecule has 0 radical (unpaired) electrons. The maximum Gasteiger partial charge on any atom is 0.0491 e. The van der Waals surface area contributed by atoms with Crippen LogP contribution in [0.4, 0.5) is 5.69 Å². The minimum atomic E-state index is 0.102. The summed E-state index contributed by atoms with van der Waals surface area (Å²) in [5.41, 5.74) is 11.7. The van der Waals surface area contributed by atoms with Crippen molar-refractivity contribution >= 4 is 23.7 Å². The fourth-order valence-electron chi connectivity index (χ4n) is 5.07. The summed E-state index contributed by atoms with van der Waals surface area (Å²) in [5, 5.41) is 0. The van der Waals surface area contributed by atoms with E-state index in [1.165, 1.54) is 44.6 Å². The molecule has 3 aromatic carbocycles. The molecule has 0 aliphatic heterocycles. The lowest BCUT2D eigenvalue weighted by atomic mass is 9.84. The van der Waals surface area contributed by atoms with E-state index in [0.717, 1.165) is 44.6 Å². The molecule has 0 aromatic heterocycles. The van der Waals surface area contributed by atoms with Crippen LogP contribution in [-0.4, -0.2) is 17.1 Å². The van der Waals surface area contributed by atoms with Crippen LogP contribution in [0, 0.1) is 6.92 Å². The maximum atomic E-state index is 4.65. The molecule has 0 spiro atoms. The highest BCUT2D eigenvalue weighted by atomic mass is 32.2. The van der Waals surface area contributed by atoms with Crippen LogP contribution in [0.1, 0.15) is 80.0 Å². The van der Waals surface area contributed by atoms with Crippen molar-refractivity contribution in [2.24, 2.45) is 0 Å². The van der Waals surface area contributed by atoms with E-state index < -0.39 is 0 Å². The molecule has 2 nitrogen and oxygen atoms in total. The predicted octanol–water partition coefficient (Wildman–Crippen LogP) is 9.75. The minimum absolute atomic E-state index is 0.102. The van der Waals surface area contributed by atoms with E-state index in [1.54, 1.807) is 11.9 Å². The van der Waals surface area contributed by atoms with Gasteiger partial charge in [0.1, 0.15) is 0 Å². The molecule has 0 aliphatic rings. The van der Waals surface area contributed by atoms with Gasteiger partial charge >= 0.3 is 0 Å². The Labute approximate surface area is 243 Å². The molecule has 0 heterocycles. The van der Waals surface area contributed by atoms with Gasteiger partial charge in [0.05, 0.1) is 0 Å². The molecule has 0 fully saturated rings. The molecule has 0 aliphatic carbocycles. The highest BCUT2D eigenvalue weighted by molar-refractivity contribution is 7.96. The van der Waals surface area contributed by atoms with Gasteiger partial charge in [-0.3, -0.25) is 0 Å². The quantitative estimate of drug-likeness (QED) is 0.199. The van der Waals surface area contributed by atoms with Crippen molar-refractivity contribution in [2.45, 2.75) is 79.3 Å². The smallest absolute Gasteiger partial charge is 0.0491 e. The van der Waals surface area contributed by atoms with Gasteiger partial charge in [0, 0.05) is 31.0 Å². The van der Waals surface area contributed by atoms with E-state index in [-0.39, 0.29) is 5.41 Å². The zero-order chi connectivity index (χ0) is 28.6. The molecule has 0 unspecified atom stereocenters. The average molecular weight is 541 g/mol. The first-order valence-electron chi connectivity index (χ1n) is 14.3. The molecule has 208 valence electrons. The van der Waals surface area contributed by atoms with Gasteiger partial charge in [-0.05, 0) is 82.5 Å². The summed E-state index contributed by atoms with van der Waals surface area (Å²) in [5.74, 6) is 0. The Morgan fingerprint density at radius 3 is 2.21 bits per heavy atom. The summed E-state index contributed by atoms with van der Waals surface area (Å²) >= 11 is 1.79. The number of benzene rings is 3. The van der Waals surface area contributed by atoms with Crippen LogP contribution in [0.15, 0.2) is 79.5 Å². The van der Waals surface area contributed by atoms with Gasteiger partial charge in [-0.1, -0.05) is 121 Å². The third-order valence-electron chi connectivity index (χ3n) is 7.43. The van der Waals surface area contributed by atoms with Gasteiger partial charge in [-0.15, -0.1) is 0 Å². The molecular weight excluding hydrogens is 492 g/mol. The monoisotopic (exact) mass is 540 g/mol. The van der Waals surface area contributed by atoms with Crippen molar-refractivity contribution in [1.82, 2.24) is 4.31 Å². The Kier molecular flexibility index (Phi) is 11.1.